The maximum absolute atomic E-state index is 12.5. The molecule has 1 aromatic carbocycles. The highest BCUT2D eigenvalue weighted by Gasteiger charge is 2.25. The largest absolute Gasteiger partial charge is 0.444 e. The van der Waals surface area contributed by atoms with Gasteiger partial charge in [-0.1, -0.05) is 18.2 Å². The zero-order valence-electron chi connectivity index (χ0n) is 13.4. The van der Waals surface area contributed by atoms with Gasteiger partial charge < -0.3 is 10.1 Å². The topological polar surface area (TPSA) is 98.5 Å². The maximum Gasteiger partial charge on any atom is 0.408 e. The minimum atomic E-state index is -0.899. The molecule has 0 aliphatic carbocycles. The predicted octanol–water partition coefficient (Wildman–Crippen LogP) is 3.25. The molecule has 7 nitrogen and oxygen atoms in total. The number of nitro groups is 1. The summed E-state index contributed by atoms with van der Waals surface area (Å²) in [5.41, 5.74) is -0.746. The SMILES string of the molecule is C=CCC(NC(=O)OC(C)(C)C)C(=O)c1cccc([N+](=O)[O-])c1. The van der Waals surface area contributed by atoms with Gasteiger partial charge in [0, 0.05) is 17.7 Å². The number of benzene rings is 1. The summed E-state index contributed by atoms with van der Waals surface area (Å²) >= 11 is 0. The fraction of sp³-hybridized carbons (Fsp3) is 0.375. The highest BCUT2D eigenvalue weighted by molar-refractivity contribution is 6.02. The van der Waals surface area contributed by atoms with Crippen molar-refractivity contribution in [2.75, 3.05) is 0 Å². The van der Waals surface area contributed by atoms with E-state index in [0.29, 0.717) is 0 Å². The lowest BCUT2D eigenvalue weighted by atomic mass is 10.0. The van der Waals surface area contributed by atoms with Crippen molar-refractivity contribution in [3.63, 3.8) is 0 Å². The number of ketones is 1. The molecule has 0 radical (unpaired) electrons. The molecule has 1 aromatic rings. The van der Waals surface area contributed by atoms with Crippen LogP contribution in [0.3, 0.4) is 0 Å². The summed E-state index contributed by atoms with van der Waals surface area (Å²) in [7, 11) is 0. The molecule has 0 bridgehead atoms. The van der Waals surface area contributed by atoms with Crippen LogP contribution < -0.4 is 5.32 Å². The summed E-state index contributed by atoms with van der Waals surface area (Å²) in [6.45, 7) is 8.67. The Hall–Kier alpha value is -2.70. The Morgan fingerprint density at radius 3 is 2.61 bits per heavy atom. The number of ether oxygens (including phenoxy) is 1. The molecule has 0 spiro atoms. The Bertz CT molecular complexity index is 619. The molecule has 0 saturated heterocycles. The fourth-order valence-electron chi connectivity index (χ4n) is 1.82. The van der Waals surface area contributed by atoms with Gasteiger partial charge in [-0.15, -0.1) is 6.58 Å². The molecule has 0 heterocycles. The molecule has 124 valence electrons. The molecule has 7 heteroatoms. The first-order valence-electron chi connectivity index (χ1n) is 7.03. The first-order valence-corrected chi connectivity index (χ1v) is 7.03. The number of hydrogen-bond acceptors (Lipinski definition) is 5. The van der Waals surface area contributed by atoms with Gasteiger partial charge in [-0.2, -0.15) is 0 Å². The second-order valence-electron chi connectivity index (χ2n) is 5.89. The maximum atomic E-state index is 12.5. The highest BCUT2D eigenvalue weighted by Crippen LogP contribution is 2.16. The van der Waals surface area contributed by atoms with Crippen LogP contribution in [0.5, 0.6) is 0 Å². The number of Topliss-reactive ketones (excluding diaryl/α,β-unsaturated/α-hetero) is 1. The number of alkyl carbamates (subject to hydrolysis) is 1. The minimum Gasteiger partial charge on any atom is -0.444 e. The summed E-state index contributed by atoms with van der Waals surface area (Å²) in [6, 6.07) is 4.45. The highest BCUT2D eigenvalue weighted by atomic mass is 16.6. The number of rotatable bonds is 6. The molecular formula is C16H20N2O5. The van der Waals surface area contributed by atoms with Gasteiger partial charge in [-0.05, 0) is 27.2 Å². The van der Waals surface area contributed by atoms with Crippen LogP contribution in [0.1, 0.15) is 37.6 Å². The third-order valence-corrected chi connectivity index (χ3v) is 2.75. The van der Waals surface area contributed by atoms with Crippen molar-refractivity contribution in [3.8, 4) is 0 Å². The minimum absolute atomic E-state index is 0.141. The van der Waals surface area contributed by atoms with E-state index in [1.165, 1.54) is 30.3 Å². The molecule has 1 amide bonds. The monoisotopic (exact) mass is 320 g/mol. The molecule has 1 N–H and O–H groups in total. The number of amides is 1. The van der Waals surface area contributed by atoms with Crippen LogP contribution in [0.2, 0.25) is 0 Å². The van der Waals surface area contributed by atoms with Crippen LogP contribution in [0, 0.1) is 10.1 Å². The molecule has 1 unspecified atom stereocenters. The molecule has 1 rings (SSSR count). The molecule has 23 heavy (non-hydrogen) atoms. The molecule has 0 fully saturated rings. The predicted molar refractivity (Wildman–Crippen MR) is 85.4 cm³/mol. The number of non-ortho nitro benzene ring substituents is 1. The van der Waals surface area contributed by atoms with E-state index in [4.69, 9.17) is 4.74 Å². The van der Waals surface area contributed by atoms with E-state index in [1.807, 2.05) is 0 Å². The number of nitro benzene ring substituents is 1. The Balaban J connectivity index is 2.94. The number of carbonyl (C=O) groups excluding carboxylic acids is 2. The van der Waals surface area contributed by atoms with Crippen molar-refractivity contribution in [1.82, 2.24) is 5.32 Å². The van der Waals surface area contributed by atoms with Crippen molar-refractivity contribution in [2.45, 2.75) is 38.8 Å². The van der Waals surface area contributed by atoms with E-state index in [1.54, 1.807) is 20.8 Å². The lowest BCUT2D eigenvalue weighted by Crippen LogP contribution is -2.43. The van der Waals surface area contributed by atoms with Crippen molar-refractivity contribution in [2.24, 2.45) is 0 Å². The van der Waals surface area contributed by atoms with Gasteiger partial charge in [0.15, 0.2) is 5.78 Å². The summed E-state index contributed by atoms with van der Waals surface area (Å²) in [6.07, 6.45) is 0.932. The number of nitrogens with one attached hydrogen (secondary N) is 1. The van der Waals surface area contributed by atoms with Crippen LogP contribution in [0.25, 0.3) is 0 Å². The number of hydrogen-bond donors (Lipinski definition) is 1. The van der Waals surface area contributed by atoms with Crippen LogP contribution in [-0.4, -0.2) is 28.4 Å². The average Bonchev–Trinajstić information content (AvgIpc) is 2.44. The van der Waals surface area contributed by atoms with Crippen molar-refractivity contribution in [1.29, 1.82) is 0 Å². The Labute approximate surface area is 134 Å². The summed E-state index contributed by atoms with van der Waals surface area (Å²) < 4.78 is 5.12. The van der Waals surface area contributed by atoms with Crippen molar-refractivity contribution >= 4 is 17.6 Å². The van der Waals surface area contributed by atoms with Gasteiger partial charge in [0.05, 0.1) is 11.0 Å². The fourth-order valence-corrected chi connectivity index (χ4v) is 1.82. The van der Waals surface area contributed by atoms with Gasteiger partial charge in [-0.25, -0.2) is 4.79 Å². The molecular weight excluding hydrogens is 300 g/mol. The third-order valence-electron chi connectivity index (χ3n) is 2.75. The van der Waals surface area contributed by atoms with E-state index >= 15 is 0 Å². The van der Waals surface area contributed by atoms with Gasteiger partial charge >= 0.3 is 6.09 Å². The Morgan fingerprint density at radius 1 is 1.43 bits per heavy atom. The van der Waals surface area contributed by atoms with Crippen LogP contribution in [0.4, 0.5) is 10.5 Å². The van der Waals surface area contributed by atoms with E-state index in [9.17, 15) is 19.7 Å². The van der Waals surface area contributed by atoms with Gasteiger partial charge in [0.2, 0.25) is 0 Å². The Kier molecular flexibility index (Phi) is 6.01. The van der Waals surface area contributed by atoms with E-state index in [0.717, 1.165) is 0 Å². The normalized spacial score (nSPS) is 12.1. The summed E-state index contributed by atoms with van der Waals surface area (Å²) in [4.78, 5) is 34.5. The second kappa shape index (κ2) is 7.53. The average molecular weight is 320 g/mol. The first-order chi connectivity index (χ1) is 10.6. The standard InChI is InChI=1S/C16H20N2O5/c1-5-7-13(17-15(20)23-16(2,3)4)14(19)11-8-6-9-12(10-11)18(21)22/h5-6,8-10,13H,1,7H2,2-4H3,(H,17,20). The van der Waals surface area contributed by atoms with Crippen molar-refractivity contribution in [3.05, 3.63) is 52.6 Å². The van der Waals surface area contributed by atoms with E-state index in [2.05, 4.69) is 11.9 Å². The van der Waals surface area contributed by atoms with Gasteiger partial charge in [0.25, 0.3) is 5.69 Å². The summed E-state index contributed by atoms with van der Waals surface area (Å²) in [5.74, 6) is -0.445. The van der Waals surface area contributed by atoms with Crippen LogP contribution >= 0.6 is 0 Å². The quantitative estimate of drug-likeness (QED) is 0.375. The second-order valence-corrected chi connectivity index (χ2v) is 5.89. The van der Waals surface area contributed by atoms with Crippen molar-refractivity contribution < 1.29 is 19.2 Å². The van der Waals surface area contributed by atoms with E-state index < -0.39 is 28.4 Å². The van der Waals surface area contributed by atoms with Crippen LogP contribution in [0.15, 0.2) is 36.9 Å². The first kappa shape index (κ1) is 18.3. The lowest BCUT2D eigenvalue weighted by molar-refractivity contribution is -0.384. The number of nitrogens with zero attached hydrogens (tertiary/aromatic N) is 1. The molecule has 0 aromatic heterocycles. The smallest absolute Gasteiger partial charge is 0.408 e. The zero-order chi connectivity index (χ0) is 17.6. The molecule has 0 aliphatic rings. The third kappa shape index (κ3) is 5.90. The van der Waals surface area contributed by atoms with E-state index in [-0.39, 0.29) is 17.7 Å². The molecule has 0 aliphatic heterocycles. The van der Waals surface area contributed by atoms with Gasteiger partial charge in [-0.3, -0.25) is 14.9 Å². The lowest BCUT2D eigenvalue weighted by Gasteiger charge is -2.22. The summed E-state index contributed by atoms with van der Waals surface area (Å²) in [5, 5.41) is 13.3. The zero-order valence-corrected chi connectivity index (χ0v) is 13.4. The Morgan fingerprint density at radius 2 is 2.09 bits per heavy atom. The molecule has 0 saturated carbocycles. The molecule has 1 atom stereocenters. The van der Waals surface area contributed by atoms with Gasteiger partial charge in [0.1, 0.15) is 5.60 Å². The number of carbonyl (C=O) groups is 2. The van der Waals surface area contributed by atoms with Crippen LogP contribution in [-0.2, 0) is 4.74 Å².